The number of rotatable bonds is 4. The zero-order valence-electron chi connectivity index (χ0n) is 9.03. The van der Waals surface area contributed by atoms with Crippen LogP contribution in [0, 0.1) is 6.92 Å². The van der Waals surface area contributed by atoms with E-state index in [2.05, 4.69) is 26.2 Å². The molecule has 2 heterocycles. The van der Waals surface area contributed by atoms with Gasteiger partial charge in [0.05, 0.1) is 6.26 Å². The van der Waals surface area contributed by atoms with E-state index in [0.717, 1.165) is 34.6 Å². The van der Waals surface area contributed by atoms with Crippen LogP contribution in [0.1, 0.15) is 11.3 Å². The number of aryl methyl sites for hydroxylation is 1. The van der Waals surface area contributed by atoms with Gasteiger partial charge in [-0.1, -0.05) is 0 Å². The van der Waals surface area contributed by atoms with Gasteiger partial charge in [-0.25, -0.2) is 4.98 Å². The number of nitrogens with zero attached hydrogens (tertiary/aromatic N) is 1. The first-order chi connectivity index (χ1) is 7.75. The molecule has 0 saturated heterocycles. The second-order valence-corrected chi connectivity index (χ2v) is 4.49. The Kier molecular flexibility index (Phi) is 3.62. The van der Waals surface area contributed by atoms with Crippen LogP contribution in [0.5, 0.6) is 0 Å². The summed E-state index contributed by atoms with van der Waals surface area (Å²) in [5, 5.41) is 3.29. The van der Waals surface area contributed by atoms with Crippen LogP contribution in [0.25, 0.3) is 0 Å². The quantitative estimate of drug-likeness (QED) is 0.933. The Morgan fingerprint density at radius 2 is 2.38 bits per heavy atom. The lowest BCUT2D eigenvalue weighted by molar-refractivity contribution is 0.513. The molecule has 0 aromatic carbocycles. The Hall–Kier alpha value is -1.29. The molecule has 4 heteroatoms. The van der Waals surface area contributed by atoms with Crippen LogP contribution in [0.4, 0.5) is 5.82 Å². The molecule has 0 aliphatic rings. The number of anilines is 1. The van der Waals surface area contributed by atoms with E-state index in [1.165, 1.54) is 0 Å². The Bertz CT molecular complexity index is 454. The van der Waals surface area contributed by atoms with Crippen LogP contribution in [-0.2, 0) is 6.42 Å². The minimum Gasteiger partial charge on any atom is -0.469 e. The molecule has 1 N–H and O–H groups in total. The molecule has 0 fully saturated rings. The SMILES string of the molecule is Cc1cc(Br)cnc1NCCc1ccco1. The normalized spacial score (nSPS) is 10.4. The second-order valence-electron chi connectivity index (χ2n) is 3.58. The van der Waals surface area contributed by atoms with Crippen molar-refractivity contribution in [3.63, 3.8) is 0 Å². The predicted molar refractivity (Wildman–Crippen MR) is 67.6 cm³/mol. The summed E-state index contributed by atoms with van der Waals surface area (Å²) in [5.74, 6) is 1.91. The van der Waals surface area contributed by atoms with Crippen LogP contribution >= 0.6 is 15.9 Å². The fourth-order valence-corrected chi connectivity index (χ4v) is 1.93. The van der Waals surface area contributed by atoms with Gasteiger partial charge in [0.1, 0.15) is 11.6 Å². The predicted octanol–water partition coefficient (Wildman–Crippen LogP) is 3.40. The van der Waals surface area contributed by atoms with Gasteiger partial charge in [-0.3, -0.25) is 0 Å². The van der Waals surface area contributed by atoms with E-state index >= 15 is 0 Å². The van der Waals surface area contributed by atoms with Crippen LogP contribution in [0.2, 0.25) is 0 Å². The number of halogens is 1. The van der Waals surface area contributed by atoms with Crippen molar-refractivity contribution in [3.05, 3.63) is 46.5 Å². The van der Waals surface area contributed by atoms with E-state index in [0.29, 0.717) is 0 Å². The van der Waals surface area contributed by atoms with E-state index < -0.39 is 0 Å². The zero-order valence-corrected chi connectivity index (χ0v) is 10.6. The molecule has 0 bridgehead atoms. The van der Waals surface area contributed by atoms with Crippen molar-refractivity contribution in [3.8, 4) is 0 Å². The van der Waals surface area contributed by atoms with Gasteiger partial charge in [-0.05, 0) is 46.6 Å². The maximum absolute atomic E-state index is 5.25. The van der Waals surface area contributed by atoms with Crippen LogP contribution < -0.4 is 5.32 Å². The van der Waals surface area contributed by atoms with Crippen molar-refractivity contribution in [2.24, 2.45) is 0 Å². The molecule has 0 radical (unpaired) electrons. The molecule has 0 amide bonds. The summed E-state index contributed by atoms with van der Waals surface area (Å²) in [6.45, 7) is 2.86. The van der Waals surface area contributed by atoms with Crippen LogP contribution in [0.15, 0.2) is 39.5 Å². The minimum atomic E-state index is 0.822. The average molecular weight is 281 g/mol. The number of nitrogens with one attached hydrogen (secondary N) is 1. The minimum absolute atomic E-state index is 0.822. The molecule has 0 aliphatic heterocycles. The lowest BCUT2D eigenvalue weighted by atomic mass is 10.3. The third-order valence-electron chi connectivity index (χ3n) is 2.29. The highest BCUT2D eigenvalue weighted by Gasteiger charge is 2.00. The lowest BCUT2D eigenvalue weighted by Gasteiger charge is -2.07. The smallest absolute Gasteiger partial charge is 0.128 e. The summed E-state index contributed by atoms with van der Waals surface area (Å²) in [6.07, 6.45) is 4.35. The number of hydrogen-bond donors (Lipinski definition) is 1. The van der Waals surface area contributed by atoms with E-state index in [1.807, 2.05) is 25.1 Å². The molecule has 3 nitrogen and oxygen atoms in total. The average Bonchev–Trinajstić information content (AvgIpc) is 2.74. The highest BCUT2D eigenvalue weighted by Crippen LogP contribution is 2.16. The Morgan fingerprint density at radius 1 is 1.50 bits per heavy atom. The first-order valence-electron chi connectivity index (χ1n) is 5.14. The third kappa shape index (κ3) is 2.85. The van der Waals surface area contributed by atoms with Crippen molar-refractivity contribution in [2.75, 3.05) is 11.9 Å². The van der Waals surface area contributed by atoms with Gasteiger partial charge in [0.2, 0.25) is 0 Å². The Labute approximate surface area is 103 Å². The summed E-state index contributed by atoms with van der Waals surface area (Å²) in [7, 11) is 0. The zero-order chi connectivity index (χ0) is 11.4. The molecular formula is C12H13BrN2O. The molecule has 0 unspecified atom stereocenters. The number of pyridine rings is 1. The van der Waals surface area contributed by atoms with E-state index in [4.69, 9.17) is 4.42 Å². The maximum atomic E-state index is 5.25. The number of aromatic nitrogens is 1. The van der Waals surface area contributed by atoms with Gasteiger partial charge in [0, 0.05) is 23.6 Å². The first kappa shape index (κ1) is 11.2. The van der Waals surface area contributed by atoms with Crippen molar-refractivity contribution in [1.29, 1.82) is 0 Å². The fraction of sp³-hybridized carbons (Fsp3) is 0.250. The molecule has 84 valence electrons. The Balaban J connectivity index is 1.90. The van der Waals surface area contributed by atoms with Crippen LogP contribution in [0.3, 0.4) is 0 Å². The van der Waals surface area contributed by atoms with Crippen LogP contribution in [-0.4, -0.2) is 11.5 Å². The molecule has 2 aromatic heterocycles. The number of hydrogen-bond acceptors (Lipinski definition) is 3. The monoisotopic (exact) mass is 280 g/mol. The topological polar surface area (TPSA) is 38.1 Å². The molecule has 2 rings (SSSR count). The summed E-state index contributed by atoms with van der Waals surface area (Å²) in [5.41, 5.74) is 1.13. The maximum Gasteiger partial charge on any atom is 0.128 e. The van der Waals surface area contributed by atoms with Gasteiger partial charge >= 0.3 is 0 Å². The number of furan rings is 1. The largest absolute Gasteiger partial charge is 0.469 e. The summed E-state index contributed by atoms with van der Waals surface area (Å²) in [4.78, 5) is 4.31. The standard InChI is InChI=1S/C12H13BrN2O/c1-9-7-10(13)8-15-12(9)14-5-4-11-3-2-6-16-11/h2-3,6-8H,4-5H2,1H3,(H,14,15). The second kappa shape index (κ2) is 5.16. The van der Waals surface area contributed by atoms with Gasteiger partial charge in [0.15, 0.2) is 0 Å². The molecule has 0 spiro atoms. The summed E-state index contributed by atoms with van der Waals surface area (Å²) in [6, 6.07) is 5.92. The molecular weight excluding hydrogens is 268 g/mol. The van der Waals surface area contributed by atoms with Gasteiger partial charge in [0.25, 0.3) is 0 Å². The van der Waals surface area contributed by atoms with Gasteiger partial charge in [-0.2, -0.15) is 0 Å². The summed E-state index contributed by atoms with van der Waals surface area (Å²) < 4.78 is 6.25. The Morgan fingerprint density at radius 3 is 3.06 bits per heavy atom. The molecule has 0 saturated carbocycles. The molecule has 0 aliphatic carbocycles. The van der Waals surface area contributed by atoms with Crippen molar-refractivity contribution in [2.45, 2.75) is 13.3 Å². The highest BCUT2D eigenvalue weighted by atomic mass is 79.9. The highest BCUT2D eigenvalue weighted by molar-refractivity contribution is 9.10. The van der Waals surface area contributed by atoms with Crippen molar-refractivity contribution < 1.29 is 4.42 Å². The third-order valence-corrected chi connectivity index (χ3v) is 2.72. The van der Waals surface area contributed by atoms with Crippen molar-refractivity contribution in [1.82, 2.24) is 4.98 Å². The molecule has 2 aromatic rings. The van der Waals surface area contributed by atoms with Crippen molar-refractivity contribution >= 4 is 21.7 Å². The van der Waals surface area contributed by atoms with E-state index in [9.17, 15) is 0 Å². The first-order valence-corrected chi connectivity index (χ1v) is 5.93. The van der Waals surface area contributed by atoms with E-state index in [1.54, 1.807) is 12.5 Å². The lowest BCUT2D eigenvalue weighted by Crippen LogP contribution is -2.07. The fourth-order valence-electron chi connectivity index (χ4n) is 1.48. The summed E-state index contributed by atoms with van der Waals surface area (Å²) >= 11 is 3.39. The van der Waals surface area contributed by atoms with Gasteiger partial charge < -0.3 is 9.73 Å². The van der Waals surface area contributed by atoms with E-state index in [-0.39, 0.29) is 0 Å². The molecule has 16 heavy (non-hydrogen) atoms. The van der Waals surface area contributed by atoms with Gasteiger partial charge in [-0.15, -0.1) is 0 Å². The molecule has 0 atom stereocenters.